The third-order valence-corrected chi connectivity index (χ3v) is 5.88. The number of ether oxygens (including phenoxy) is 1. The molecule has 0 radical (unpaired) electrons. The molecule has 0 bridgehead atoms. The molecule has 0 aliphatic heterocycles. The van der Waals surface area contributed by atoms with Gasteiger partial charge in [0.25, 0.3) is 5.91 Å². The van der Waals surface area contributed by atoms with Crippen LogP contribution in [0.1, 0.15) is 43.6 Å². The van der Waals surface area contributed by atoms with Crippen LogP contribution in [-0.2, 0) is 16.6 Å². The van der Waals surface area contributed by atoms with Crippen molar-refractivity contribution in [2.75, 3.05) is 17.2 Å². The number of carbonyl (C=O) groups is 1. The number of rotatable bonds is 9. The molecule has 0 saturated heterocycles. The van der Waals surface area contributed by atoms with Gasteiger partial charge in [-0.1, -0.05) is 26.0 Å². The van der Waals surface area contributed by atoms with E-state index in [0.717, 1.165) is 5.56 Å². The number of nitrogens with zero attached hydrogens (tertiary/aromatic N) is 1. The van der Waals surface area contributed by atoms with Gasteiger partial charge >= 0.3 is 0 Å². The standard InChI is InChI=1S/C22H30N2O4S/c1-6-28-21-13-11-20(12-14-21)24(29(5,26)27)15-18-7-9-19(10-8-18)22(25)23-17(4)16(2)3/h7-14,16-17H,6,15H2,1-5H3,(H,23,25). The van der Waals surface area contributed by atoms with Crippen molar-refractivity contribution in [3.8, 4) is 5.75 Å². The summed E-state index contributed by atoms with van der Waals surface area (Å²) < 4.78 is 31.4. The molecule has 158 valence electrons. The molecule has 0 heterocycles. The quantitative estimate of drug-likeness (QED) is 0.672. The van der Waals surface area contributed by atoms with Crippen molar-refractivity contribution in [2.45, 2.75) is 40.3 Å². The molecule has 7 heteroatoms. The Bertz CT molecular complexity index is 907. The highest BCUT2D eigenvalue weighted by Gasteiger charge is 2.18. The molecule has 29 heavy (non-hydrogen) atoms. The van der Waals surface area contributed by atoms with Crippen LogP contribution in [0.2, 0.25) is 0 Å². The minimum absolute atomic E-state index is 0.0718. The second kappa shape index (κ2) is 9.78. The monoisotopic (exact) mass is 418 g/mol. The van der Waals surface area contributed by atoms with E-state index in [1.807, 2.05) is 13.8 Å². The molecular weight excluding hydrogens is 388 g/mol. The van der Waals surface area contributed by atoms with Gasteiger partial charge in [-0.2, -0.15) is 0 Å². The first-order valence-corrected chi connectivity index (χ1v) is 11.6. The van der Waals surface area contributed by atoms with E-state index < -0.39 is 10.0 Å². The van der Waals surface area contributed by atoms with Crippen molar-refractivity contribution in [1.82, 2.24) is 5.32 Å². The zero-order valence-electron chi connectivity index (χ0n) is 17.7. The van der Waals surface area contributed by atoms with E-state index in [4.69, 9.17) is 4.74 Å². The number of carbonyl (C=O) groups excluding carboxylic acids is 1. The van der Waals surface area contributed by atoms with Crippen LogP contribution in [0.4, 0.5) is 5.69 Å². The minimum atomic E-state index is -3.48. The van der Waals surface area contributed by atoms with E-state index in [-0.39, 0.29) is 18.5 Å². The molecule has 2 aromatic carbocycles. The Morgan fingerprint density at radius 2 is 1.62 bits per heavy atom. The topological polar surface area (TPSA) is 75.7 Å². The van der Waals surface area contributed by atoms with Crippen molar-refractivity contribution in [1.29, 1.82) is 0 Å². The van der Waals surface area contributed by atoms with Gasteiger partial charge in [0.15, 0.2) is 0 Å². The SMILES string of the molecule is CCOc1ccc(N(Cc2ccc(C(=O)NC(C)C(C)C)cc2)S(C)(=O)=O)cc1. The molecule has 1 N–H and O–H groups in total. The summed E-state index contributed by atoms with van der Waals surface area (Å²) in [5.41, 5.74) is 1.90. The third-order valence-electron chi connectivity index (χ3n) is 4.74. The second-order valence-electron chi connectivity index (χ2n) is 7.40. The molecule has 2 rings (SSSR count). The van der Waals surface area contributed by atoms with Gasteiger partial charge in [0.1, 0.15) is 5.75 Å². The lowest BCUT2D eigenvalue weighted by Gasteiger charge is -2.23. The summed E-state index contributed by atoms with van der Waals surface area (Å²) >= 11 is 0. The van der Waals surface area contributed by atoms with Crippen molar-refractivity contribution >= 4 is 21.6 Å². The van der Waals surface area contributed by atoms with Gasteiger partial charge in [-0.3, -0.25) is 9.10 Å². The van der Waals surface area contributed by atoms with E-state index in [0.29, 0.717) is 29.5 Å². The molecule has 1 unspecified atom stereocenters. The number of nitrogens with one attached hydrogen (secondary N) is 1. The molecule has 2 aromatic rings. The Morgan fingerprint density at radius 3 is 2.10 bits per heavy atom. The van der Waals surface area contributed by atoms with E-state index in [1.165, 1.54) is 10.6 Å². The van der Waals surface area contributed by atoms with Gasteiger partial charge in [-0.05, 0) is 61.7 Å². The lowest BCUT2D eigenvalue weighted by atomic mass is 10.1. The van der Waals surface area contributed by atoms with E-state index in [9.17, 15) is 13.2 Å². The third kappa shape index (κ3) is 6.49. The van der Waals surface area contributed by atoms with Gasteiger partial charge in [0.2, 0.25) is 10.0 Å². The van der Waals surface area contributed by atoms with Crippen LogP contribution in [0, 0.1) is 5.92 Å². The summed E-state index contributed by atoms with van der Waals surface area (Å²) in [6.07, 6.45) is 1.18. The number of anilines is 1. The molecule has 1 amide bonds. The molecular formula is C22H30N2O4S. The van der Waals surface area contributed by atoms with E-state index in [1.54, 1.807) is 48.5 Å². The summed E-state index contributed by atoms with van der Waals surface area (Å²) in [5.74, 6) is 0.899. The van der Waals surface area contributed by atoms with E-state index >= 15 is 0 Å². The average Bonchev–Trinajstić information content (AvgIpc) is 2.66. The highest BCUT2D eigenvalue weighted by molar-refractivity contribution is 7.92. The molecule has 0 aromatic heterocycles. The van der Waals surface area contributed by atoms with Gasteiger partial charge in [0.05, 0.1) is 25.1 Å². The number of amides is 1. The maximum absolute atomic E-state index is 12.3. The van der Waals surface area contributed by atoms with Crippen LogP contribution >= 0.6 is 0 Å². The smallest absolute Gasteiger partial charge is 0.251 e. The predicted molar refractivity (Wildman–Crippen MR) is 117 cm³/mol. The van der Waals surface area contributed by atoms with Crippen LogP contribution in [0.25, 0.3) is 0 Å². The Hall–Kier alpha value is -2.54. The first-order valence-electron chi connectivity index (χ1n) is 9.72. The maximum atomic E-state index is 12.3. The molecule has 0 fully saturated rings. The Balaban J connectivity index is 2.17. The van der Waals surface area contributed by atoms with Crippen LogP contribution in [-0.4, -0.2) is 33.2 Å². The van der Waals surface area contributed by atoms with Crippen LogP contribution in [0.15, 0.2) is 48.5 Å². The number of hydrogen-bond donors (Lipinski definition) is 1. The Morgan fingerprint density at radius 1 is 1.03 bits per heavy atom. The summed E-state index contributed by atoms with van der Waals surface area (Å²) in [6, 6.07) is 14.0. The zero-order valence-corrected chi connectivity index (χ0v) is 18.5. The summed E-state index contributed by atoms with van der Waals surface area (Å²) in [6.45, 7) is 8.69. The molecule has 0 spiro atoms. The maximum Gasteiger partial charge on any atom is 0.251 e. The number of benzene rings is 2. The predicted octanol–water partition coefficient (Wildman–Crippen LogP) is 3.83. The first kappa shape index (κ1) is 22.7. The van der Waals surface area contributed by atoms with Gasteiger partial charge < -0.3 is 10.1 Å². The molecule has 0 aliphatic rings. The first-order chi connectivity index (χ1) is 13.6. The lowest BCUT2D eigenvalue weighted by molar-refractivity contribution is 0.0930. The Labute approximate surface area is 173 Å². The van der Waals surface area contributed by atoms with Gasteiger partial charge in [0, 0.05) is 11.6 Å². The normalized spacial score (nSPS) is 12.5. The van der Waals surface area contributed by atoms with E-state index in [2.05, 4.69) is 19.2 Å². The highest BCUT2D eigenvalue weighted by atomic mass is 32.2. The van der Waals surface area contributed by atoms with Crippen LogP contribution < -0.4 is 14.4 Å². The zero-order chi connectivity index (χ0) is 21.6. The van der Waals surface area contributed by atoms with Gasteiger partial charge in [-0.25, -0.2) is 8.42 Å². The van der Waals surface area contributed by atoms with Crippen molar-refractivity contribution in [3.63, 3.8) is 0 Å². The lowest BCUT2D eigenvalue weighted by Crippen LogP contribution is -2.36. The Kier molecular flexibility index (Phi) is 7.67. The number of sulfonamides is 1. The molecule has 0 aliphatic carbocycles. The molecule has 0 saturated carbocycles. The fraction of sp³-hybridized carbons (Fsp3) is 0.409. The second-order valence-corrected chi connectivity index (χ2v) is 9.31. The molecule has 1 atom stereocenters. The van der Waals surface area contributed by atoms with Gasteiger partial charge in [-0.15, -0.1) is 0 Å². The fourth-order valence-corrected chi connectivity index (χ4v) is 3.55. The molecule has 6 nitrogen and oxygen atoms in total. The van der Waals surface area contributed by atoms with Crippen LogP contribution in [0.5, 0.6) is 5.75 Å². The summed E-state index contributed by atoms with van der Waals surface area (Å²) in [4.78, 5) is 12.3. The number of hydrogen-bond acceptors (Lipinski definition) is 4. The van der Waals surface area contributed by atoms with Crippen LogP contribution in [0.3, 0.4) is 0 Å². The summed E-state index contributed by atoms with van der Waals surface area (Å²) in [7, 11) is -3.48. The minimum Gasteiger partial charge on any atom is -0.494 e. The van der Waals surface area contributed by atoms with Crippen molar-refractivity contribution < 1.29 is 17.9 Å². The largest absolute Gasteiger partial charge is 0.494 e. The highest BCUT2D eigenvalue weighted by Crippen LogP contribution is 2.24. The average molecular weight is 419 g/mol. The van der Waals surface area contributed by atoms with Crippen molar-refractivity contribution in [2.24, 2.45) is 5.92 Å². The fourth-order valence-electron chi connectivity index (χ4n) is 2.66. The van der Waals surface area contributed by atoms with Crippen molar-refractivity contribution in [3.05, 3.63) is 59.7 Å². The summed E-state index contributed by atoms with van der Waals surface area (Å²) in [5, 5.41) is 2.96.